The van der Waals surface area contributed by atoms with Crippen molar-refractivity contribution in [1.82, 2.24) is 19.4 Å². The fourth-order valence-corrected chi connectivity index (χ4v) is 4.34. The van der Waals surface area contributed by atoms with Crippen LogP contribution in [0, 0.1) is 0 Å². The number of pyridine rings is 1. The van der Waals surface area contributed by atoms with Crippen LogP contribution in [-0.2, 0) is 9.47 Å². The minimum absolute atomic E-state index is 0.0995. The molecule has 0 unspecified atom stereocenters. The first-order valence-electron chi connectivity index (χ1n) is 11.6. The Bertz CT molecular complexity index is 1290. The SMILES string of the molecule is C=N/C(=C\C=C(/C)c1ccc2ncc3[nH]c(=O)n(C4CC(OC)C4)c3c2c1)OCCCN(C)C. The molecule has 0 spiro atoms. The molecule has 2 aromatic heterocycles. The molecular weight excluding hydrogens is 430 g/mol. The van der Waals surface area contributed by atoms with E-state index in [1.807, 2.05) is 49.9 Å². The number of aromatic nitrogens is 3. The highest BCUT2D eigenvalue weighted by Crippen LogP contribution is 2.36. The number of H-pyrrole nitrogens is 1. The summed E-state index contributed by atoms with van der Waals surface area (Å²) in [6.07, 6.45) is 8.35. The first kappa shape index (κ1) is 23.9. The molecule has 2 heterocycles. The van der Waals surface area contributed by atoms with Crippen LogP contribution < -0.4 is 5.69 Å². The van der Waals surface area contributed by atoms with Crippen LogP contribution in [-0.4, -0.2) is 66.6 Å². The van der Waals surface area contributed by atoms with Crippen LogP contribution in [0.1, 0.15) is 37.8 Å². The monoisotopic (exact) mass is 463 g/mol. The van der Waals surface area contributed by atoms with E-state index in [2.05, 4.69) is 32.6 Å². The second-order valence-corrected chi connectivity index (χ2v) is 9.05. The standard InChI is InChI=1S/C26H33N5O3/c1-17(7-10-24(27-2)34-12-6-11-30(3)4)18-8-9-22-21(13-18)25-23(16-28-22)29-26(32)31(25)19-14-20(15-19)33-5/h7-10,13,16,19-20H,2,6,11-12,14-15H2,1,3-5H3,(H,29,32)/b17-7+,24-10+. The molecule has 34 heavy (non-hydrogen) atoms. The van der Waals surface area contributed by atoms with E-state index in [-0.39, 0.29) is 17.8 Å². The average molecular weight is 464 g/mol. The molecule has 0 bridgehead atoms. The highest BCUT2D eigenvalue weighted by molar-refractivity contribution is 6.03. The minimum Gasteiger partial charge on any atom is -0.478 e. The van der Waals surface area contributed by atoms with E-state index >= 15 is 0 Å². The average Bonchev–Trinajstić information content (AvgIpc) is 3.13. The lowest BCUT2D eigenvalue weighted by atomic mass is 9.89. The van der Waals surface area contributed by atoms with Gasteiger partial charge in [-0.05, 0) is 70.3 Å². The Labute approximate surface area is 199 Å². The number of fused-ring (bicyclic) bond motifs is 3. The van der Waals surface area contributed by atoms with Gasteiger partial charge in [0.15, 0.2) is 0 Å². The lowest BCUT2D eigenvalue weighted by molar-refractivity contribution is 0.00653. The van der Waals surface area contributed by atoms with E-state index in [1.165, 1.54) is 0 Å². The number of aliphatic imine (C=N–C) groups is 1. The third-order valence-electron chi connectivity index (χ3n) is 6.40. The smallest absolute Gasteiger partial charge is 0.326 e. The largest absolute Gasteiger partial charge is 0.478 e. The van der Waals surface area contributed by atoms with Gasteiger partial charge in [-0.15, -0.1) is 0 Å². The van der Waals surface area contributed by atoms with E-state index in [4.69, 9.17) is 9.47 Å². The Morgan fingerprint density at radius 1 is 1.35 bits per heavy atom. The van der Waals surface area contributed by atoms with Crippen molar-refractivity contribution in [2.45, 2.75) is 38.3 Å². The van der Waals surface area contributed by atoms with E-state index in [1.54, 1.807) is 13.3 Å². The molecule has 0 amide bonds. The third kappa shape index (κ3) is 4.98. The predicted molar refractivity (Wildman–Crippen MR) is 137 cm³/mol. The van der Waals surface area contributed by atoms with E-state index in [0.717, 1.165) is 58.9 Å². The summed E-state index contributed by atoms with van der Waals surface area (Å²) in [6.45, 7) is 7.20. The second-order valence-electron chi connectivity index (χ2n) is 9.05. The van der Waals surface area contributed by atoms with Crippen molar-refractivity contribution in [1.29, 1.82) is 0 Å². The van der Waals surface area contributed by atoms with Gasteiger partial charge in [-0.2, -0.15) is 0 Å². The number of methoxy groups -OCH3 is 1. The molecule has 0 saturated heterocycles. The highest BCUT2D eigenvalue weighted by Gasteiger charge is 2.33. The van der Waals surface area contributed by atoms with Crippen molar-refractivity contribution < 1.29 is 9.47 Å². The Hall–Kier alpha value is -3.23. The van der Waals surface area contributed by atoms with Gasteiger partial charge < -0.3 is 19.4 Å². The molecule has 8 nitrogen and oxygen atoms in total. The number of aromatic amines is 1. The molecule has 1 fully saturated rings. The fraction of sp³-hybridized carbons (Fsp3) is 0.423. The summed E-state index contributed by atoms with van der Waals surface area (Å²) >= 11 is 0. The van der Waals surface area contributed by atoms with E-state index in [0.29, 0.717) is 12.5 Å². The summed E-state index contributed by atoms with van der Waals surface area (Å²) in [5.74, 6) is 0.500. The molecular formula is C26H33N5O3. The number of hydrogen-bond acceptors (Lipinski definition) is 6. The van der Waals surface area contributed by atoms with Gasteiger partial charge in [0.05, 0.1) is 35.5 Å². The number of ether oxygens (including phenoxy) is 2. The Balaban J connectivity index is 1.64. The van der Waals surface area contributed by atoms with Crippen LogP contribution in [0.3, 0.4) is 0 Å². The molecule has 1 saturated carbocycles. The number of rotatable bonds is 10. The summed E-state index contributed by atoms with van der Waals surface area (Å²) in [5, 5.41) is 0.952. The second kappa shape index (κ2) is 10.4. The Morgan fingerprint density at radius 2 is 2.15 bits per heavy atom. The molecule has 8 heteroatoms. The van der Waals surface area contributed by atoms with Crippen molar-refractivity contribution in [3.05, 3.63) is 58.5 Å². The zero-order valence-corrected chi connectivity index (χ0v) is 20.4. The van der Waals surface area contributed by atoms with Gasteiger partial charge in [0.25, 0.3) is 0 Å². The van der Waals surface area contributed by atoms with Crippen LogP contribution in [0.4, 0.5) is 0 Å². The molecule has 0 radical (unpaired) electrons. The quantitative estimate of drug-likeness (QED) is 0.211. The Morgan fingerprint density at radius 3 is 2.85 bits per heavy atom. The maximum atomic E-state index is 12.8. The van der Waals surface area contributed by atoms with Crippen LogP contribution >= 0.6 is 0 Å². The van der Waals surface area contributed by atoms with Crippen molar-refractivity contribution in [3.63, 3.8) is 0 Å². The molecule has 0 aliphatic heterocycles. The number of hydrogen-bond donors (Lipinski definition) is 1. The molecule has 3 aromatic rings. The summed E-state index contributed by atoms with van der Waals surface area (Å²) in [7, 11) is 5.80. The summed E-state index contributed by atoms with van der Waals surface area (Å²) in [5.41, 5.74) is 4.49. The maximum absolute atomic E-state index is 12.8. The number of nitrogens with zero attached hydrogens (tertiary/aromatic N) is 4. The lowest BCUT2D eigenvalue weighted by Gasteiger charge is -2.34. The first-order chi connectivity index (χ1) is 16.4. The normalized spacial score (nSPS) is 19.1. The third-order valence-corrected chi connectivity index (χ3v) is 6.40. The van der Waals surface area contributed by atoms with Gasteiger partial charge in [0.1, 0.15) is 0 Å². The van der Waals surface area contributed by atoms with Gasteiger partial charge in [-0.1, -0.05) is 12.1 Å². The number of allylic oxidation sites excluding steroid dienone is 3. The molecule has 1 aromatic carbocycles. The molecule has 1 N–H and O–H groups in total. The zero-order valence-electron chi connectivity index (χ0n) is 20.4. The molecule has 0 atom stereocenters. The van der Waals surface area contributed by atoms with Crippen molar-refractivity contribution in [3.8, 4) is 0 Å². The predicted octanol–water partition coefficient (Wildman–Crippen LogP) is 4.14. The Kier molecular flexibility index (Phi) is 7.29. The van der Waals surface area contributed by atoms with Crippen LogP contribution in [0.5, 0.6) is 0 Å². The zero-order chi connectivity index (χ0) is 24.2. The number of imidazole rings is 1. The van der Waals surface area contributed by atoms with Crippen molar-refractivity contribution >= 4 is 34.2 Å². The van der Waals surface area contributed by atoms with Gasteiger partial charge in [-0.3, -0.25) is 9.55 Å². The number of nitrogens with one attached hydrogen (secondary N) is 1. The topological polar surface area (TPSA) is 84.7 Å². The van der Waals surface area contributed by atoms with Gasteiger partial charge in [0.2, 0.25) is 5.88 Å². The summed E-state index contributed by atoms with van der Waals surface area (Å²) in [6, 6.07) is 6.26. The molecule has 4 rings (SSSR count). The first-order valence-corrected chi connectivity index (χ1v) is 11.6. The highest BCUT2D eigenvalue weighted by atomic mass is 16.5. The van der Waals surface area contributed by atoms with Crippen molar-refractivity contribution in [2.75, 3.05) is 34.4 Å². The van der Waals surface area contributed by atoms with Crippen LogP contribution in [0.15, 0.2) is 52.2 Å². The lowest BCUT2D eigenvalue weighted by Crippen LogP contribution is -2.36. The molecule has 1 aliphatic carbocycles. The maximum Gasteiger partial charge on any atom is 0.326 e. The van der Waals surface area contributed by atoms with Gasteiger partial charge in [-0.25, -0.2) is 9.79 Å². The van der Waals surface area contributed by atoms with Crippen LogP contribution in [0.25, 0.3) is 27.5 Å². The fourth-order valence-electron chi connectivity index (χ4n) is 4.34. The van der Waals surface area contributed by atoms with Crippen LogP contribution in [0.2, 0.25) is 0 Å². The molecule has 1 aliphatic rings. The number of benzene rings is 1. The van der Waals surface area contributed by atoms with E-state index in [9.17, 15) is 4.79 Å². The minimum atomic E-state index is -0.0995. The van der Waals surface area contributed by atoms with Gasteiger partial charge in [0, 0.05) is 31.2 Å². The van der Waals surface area contributed by atoms with E-state index < -0.39 is 0 Å². The molecule has 180 valence electrons. The van der Waals surface area contributed by atoms with Gasteiger partial charge >= 0.3 is 5.69 Å². The van der Waals surface area contributed by atoms with Crippen molar-refractivity contribution in [2.24, 2.45) is 4.99 Å². The summed E-state index contributed by atoms with van der Waals surface area (Å²) in [4.78, 5) is 26.4. The summed E-state index contributed by atoms with van der Waals surface area (Å²) < 4.78 is 13.0.